The van der Waals surface area contributed by atoms with E-state index in [9.17, 15) is 9.59 Å². The van der Waals surface area contributed by atoms with E-state index in [1.165, 1.54) is 0 Å². The number of halogens is 1. The SMILES string of the molecule is Cc1cccc(NC(=O)[C@@H]2CC(=O)N(c3cccc(Cl)c3C)C2)c1. The van der Waals surface area contributed by atoms with E-state index in [-0.39, 0.29) is 24.2 Å². The van der Waals surface area contributed by atoms with Gasteiger partial charge in [0, 0.05) is 29.4 Å². The van der Waals surface area contributed by atoms with Crippen LogP contribution >= 0.6 is 11.6 Å². The van der Waals surface area contributed by atoms with Gasteiger partial charge in [-0.3, -0.25) is 9.59 Å². The highest BCUT2D eigenvalue weighted by molar-refractivity contribution is 6.31. The van der Waals surface area contributed by atoms with Crippen molar-refractivity contribution in [2.75, 3.05) is 16.8 Å². The van der Waals surface area contributed by atoms with Crippen molar-refractivity contribution in [2.45, 2.75) is 20.3 Å². The molecule has 0 aromatic heterocycles. The van der Waals surface area contributed by atoms with Crippen LogP contribution in [0.4, 0.5) is 11.4 Å². The fraction of sp³-hybridized carbons (Fsp3) is 0.263. The minimum atomic E-state index is -0.364. The minimum absolute atomic E-state index is 0.0511. The summed E-state index contributed by atoms with van der Waals surface area (Å²) in [6, 6.07) is 13.1. The molecule has 0 aliphatic carbocycles. The topological polar surface area (TPSA) is 49.4 Å². The highest BCUT2D eigenvalue weighted by Crippen LogP contribution is 2.31. The summed E-state index contributed by atoms with van der Waals surface area (Å²) >= 11 is 6.14. The van der Waals surface area contributed by atoms with Crippen LogP contribution < -0.4 is 10.2 Å². The standard InChI is InChI=1S/C19H19ClN2O2/c1-12-5-3-6-15(9-12)21-19(24)14-10-18(23)22(11-14)17-8-4-7-16(20)13(17)2/h3-9,14H,10-11H2,1-2H3,(H,21,24)/t14-/m1/s1. The van der Waals surface area contributed by atoms with Gasteiger partial charge in [0.2, 0.25) is 11.8 Å². The van der Waals surface area contributed by atoms with Crippen LogP contribution in [-0.4, -0.2) is 18.4 Å². The zero-order valence-corrected chi connectivity index (χ0v) is 14.4. The van der Waals surface area contributed by atoms with Crippen LogP contribution in [0.3, 0.4) is 0 Å². The van der Waals surface area contributed by atoms with Crippen molar-refractivity contribution >= 4 is 34.8 Å². The second-order valence-corrected chi connectivity index (χ2v) is 6.56. The molecule has 0 saturated carbocycles. The summed E-state index contributed by atoms with van der Waals surface area (Å²) in [6.45, 7) is 4.22. The zero-order valence-electron chi connectivity index (χ0n) is 13.7. The van der Waals surface area contributed by atoms with Gasteiger partial charge >= 0.3 is 0 Å². The highest BCUT2D eigenvalue weighted by atomic mass is 35.5. The minimum Gasteiger partial charge on any atom is -0.326 e. The Labute approximate surface area is 146 Å². The maximum atomic E-state index is 12.5. The first-order valence-corrected chi connectivity index (χ1v) is 8.26. The number of hydrogen-bond acceptors (Lipinski definition) is 2. The quantitative estimate of drug-likeness (QED) is 0.918. The van der Waals surface area contributed by atoms with Crippen molar-refractivity contribution in [1.82, 2.24) is 0 Å². The van der Waals surface area contributed by atoms with Gasteiger partial charge in [-0.1, -0.05) is 29.8 Å². The molecule has 0 spiro atoms. The molecule has 1 fully saturated rings. The predicted octanol–water partition coefficient (Wildman–Crippen LogP) is 3.95. The highest BCUT2D eigenvalue weighted by Gasteiger charge is 2.35. The number of aryl methyl sites for hydroxylation is 1. The largest absolute Gasteiger partial charge is 0.326 e. The smallest absolute Gasteiger partial charge is 0.229 e. The Morgan fingerprint density at radius 2 is 1.96 bits per heavy atom. The van der Waals surface area contributed by atoms with E-state index in [4.69, 9.17) is 11.6 Å². The zero-order chi connectivity index (χ0) is 17.3. The predicted molar refractivity (Wildman–Crippen MR) is 96.5 cm³/mol. The molecule has 2 amide bonds. The molecule has 1 saturated heterocycles. The van der Waals surface area contributed by atoms with Gasteiger partial charge in [0.05, 0.1) is 5.92 Å². The van der Waals surface area contributed by atoms with Crippen molar-refractivity contribution < 1.29 is 9.59 Å². The maximum absolute atomic E-state index is 12.5. The Balaban J connectivity index is 1.74. The van der Waals surface area contributed by atoms with E-state index >= 15 is 0 Å². The van der Waals surface area contributed by atoms with E-state index in [0.29, 0.717) is 11.6 Å². The number of nitrogens with zero attached hydrogens (tertiary/aromatic N) is 1. The van der Waals surface area contributed by atoms with Crippen LogP contribution in [0.5, 0.6) is 0 Å². The van der Waals surface area contributed by atoms with Crippen LogP contribution in [0.1, 0.15) is 17.5 Å². The number of benzene rings is 2. The summed E-state index contributed by atoms with van der Waals surface area (Å²) in [7, 11) is 0. The molecule has 4 nitrogen and oxygen atoms in total. The molecule has 2 aromatic rings. The van der Waals surface area contributed by atoms with Crippen molar-refractivity contribution in [3.63, 3.8) is 0 Å². The van der Waals surface area contributed by atoms with Gasteiger partial charge in [-0.15, -0.1) is 0 Å². The van der Waals surface area contributed by atoms with Gasteiger partial charge in [-0.25, -0.2) is 0 Å². The first kappa shape index (κ1) is 16.5. The van der Waals surface area contributed by atoms with Crippen molar-refractivity contribution in [3.05, 3.63) is 58.6 Å². The Hall–Kier alpha value is -2.33. The molecule has 0 bridgehead atoms. The maximum Gasteiger partial charge on any atom is 0.229 e. The summed E-state index contributed by atoms with van der Waals surface area (Å²) in [5, 5.41) is 3.52. The second-order valence-electron chi connectivity index (χ2n) is 6.15. The summed E-state index contributed by atoms with van der Waals surface area (Å²) < 4.78 is 0. The Bertz CT molecular complexity index is 804. The van der Waals surface area contributed by atoms with Crippen LogP contribution in [0, 0.1) is 19.8 Å². The van der Waals surface area contributed by atoms with Crippen LogP contribution in [-0.2, 0) is 9.59 Å². The fourth-order valence-corrected chi connectivity index (χ4v) is 3.14. The van der Waals surface area contributed by atoms with Crippen molar-refractivity contribution in [1.29, 1.82) is 0 Å². The second kappa shape index (κ2) is 6.65. The molecule has 124 valence electrons. The summed E-state index contributed by atoms with van der Waals surface area (Å²) in [5.74, 6) is -0.544. The number of carbonyl (C=O) groups is 2. The first-order valence-electron chi connectivity index (χ1n) is 7.88. The third kappa shape index (κ3) is 3.29. The van der Waals surface area contributed by atoms with Crippen molar-refractivity contribution in [3.8, 4) is 0 Å². The first-order chi connectivity index (χ1) is 11.5. The van der Waals surface area contributed by atoms with Gasteiger partial charge in [0.15, 0.2) is 0 Å². The lowest BCUT2D eigenvalue weighted by molar-refractivity contribution is -0.122. The number of carbonyl (C=O) groups excluding carboxylic acids is 2. The number of anilines is 2. The molecule has 1 N–H and O–H groups in total. The number of hydrogen-bond donors (Lipinski definition) is 1. The lowest BCUT2D eigenvalue weighted by Gasteiger charge is -2.19. The Kier molecular flexibility index (Phi) is 4.58. The van der Waals surface area contributed by atoms with Crippen LogP contribution in [0.2, 0.25) is 5.02 Å². The number of nitrogens with one attached hydrogen (secondary N) is 1. The summed E-state index contributed by atoms with van der Waals surface area (Å²) in [5.41, 5.74) is 3.46. The van der Waals surface area contributed by atoms with Crippen molar-refractivity contribution in [2.24, 2.45) is 5.92 Å². The summed E-state index contributed by atoms with van der Waals surface area (Å²) in [6.07, 6.45) is 0.212. The molecule has 5 heteroatoms. The average Bonchev–Trinajstić information content (AvgIpc) is 2.92. The molecule has 1 heterocycles. The lowest BCUT2D eigenvalue weighted by atomic mass is 10.1. The third-order valence-electron chi connectivity index (χ3n) is 4.31. The molecule has 1 atom stereocenters. The molecule has 2 aromatic carbocycles. The Morgan fingerprint density at radius 1 is 1.21 bits per heavy atom. The number of rotatable bonds is 3. The van der Waals surface area contributed by atoms with Gasteiger partial charge in [0.25, 0.3) is 0 Å². The molecule has 1 aliphatic rings. The monoisotopic (exact) mass is 342 g/mol. The molecule has 24 heavy (non-hydrogen) atoms. The average molecular weight is 343 g/mol. The van der Waals surface area contributed by atoms with Gasteiger partial charge < -0.3 is 10.2 Å². The molecular formula is C19H19ClN2O2. The van der Waals surface area contributed by atoms with Gasteiger partial charge in [0.1, 0.15) is 0 Å². The van der Waals surface area contributed by atoms with E-state index in [1.54, 1.807) is 11.0 Å². The lowest BCUT2D eigenvalue weighted by Crippen LogP contribution is -2.28. The third-order valence-corrected chi connectivity index (χ3v) is 4.72. The number of amides is 2. The molecule has 0 unspecified atom stereocenters. The van der Waals surface area contributed by atoms with Crippen LogP contribution in [0.15, 0.2) is 42.5 Å². The van der Waals surface area contributed by atoms with Crippen LogP contribution in [0.25, 0.3) is 0 Å². The molecule has 0 radical (unpaired) electrons. The van der Waals surface area contributed by atoms with E-state index < -0.39 is 0 Å². The van der Waals surface area contributed by atoms with E-state index in [1.807, 2.05) is 50.2 Å². The van der Waals surface area contributed by atoms with E-state index in [0.717, 1.165) is 22.5 Å². The van der Waals surface area contributed by atoms with Gasteiger partial charge in [-0.05, 0) is 49.2 Å². The normalized spacial score (nSPS) is 17.2. The molecular weight excluding hydrogens is 324 g/mol. The Morgan fingerprint density at radius 3 is 2.71 bits per heavy atom. The molecule has 3 rings (SSSR count). The van der Waals surface area contributed by atoms with Gasteiger partial charge in [-0.2, -0.15) is 0 Å². The van der Waals surface area contributed by atoms with E-state index in [2.05, 4.69) is 5.32 Å². The fourth-order valence-electron chi connectivity index (χ4n) is 2.97. The summed E-state index contributed by atoms with van der Waals surface area (Å²) in [4.78, 5) is 26.5. The molecule has 1 aliphatic heterocycles.